The van der Waals surface area contributed by atoms with Crippen molar-refractivity contribution in [2.75, 3.05) is 7.11 Å². The molecule has 0 spiro atoms. The van der Waals surface area contributed by atoms with E-state index in [2.05, 4.69) is 4.74 Å². The third kappa shape index (κ3) is 4.63. The smallest absolute Gasteiger partial charge is 0.309 e. The van der Waals surface area contributed by atoms with Crippen LogP contribution in [-0.2, 0) is 30.8 Å². The van der Waals surface area contributed by atoms with Gasteiger partial charge >= 0.3 is 5.97 Å². The maximum absolute atomic E-state index is 11.0. The molecule has 0 saturated carbocycles. The fourth-order valence-corrected chi connectivity index (χ4v) is 2.16. The molecule has 1 aromatic carbocycles. The maximum atomic E-state index is 11.0. The Hall–Kier alpha value is -1.07. The van der Waals surface area contributed by atoms with Gasteiger partial charge in [0.15, 0.2) is 0 Å². The Morgan fingerprint density at radius 2 is 1.75 bits per heavy atom. The van der Waals surface area contributed by atoms with Gasteiger partial charge in [0.2, 0.25) is 9.05 Å². The van der Waals surface area contributed by atoms with Gasteiger partial charge in [0, 0.05) is 10.7 Å². The van der Waals surface area contributed by atoms with E-state index in [1.807, 2.05) is 0 Å². The molecule has 0 amide bonds. The number of rotatable bonds is 4. The molecule has 0 radical (unpaired) electrons. The van der Waals surface area contributed by atoms with Gasteiger partial charge < -0.3 is 4.74 Å². The van der Waals surface area contributed by atoms with Gasteiger partial charge in [-0.05, 0) is 11.1 Å². The summed E-state index contributed by atoms with van der Waals surface area (Å²) in [5.74, 6) is -0.551. The quantitative estimate of drug-likeness (QED) is 0.609. The van der Waals surface area contributed by atoms with E-state index in [-0.39, 0.29) is 18.1 Å². The standard InChI is InChI=1S/C10H11ClO4S/c1-15-10(12)6-8-2-4-9(5-3-8)7-16(11,13)14/h2-5H,6-7H2,1H3. The topological polar surface area (TPSA) is 60.4 Å². The van der Waals surface area contributed by atoms with Crippen LogP contribution in [0, 0.1) is 0 Å². The minimum Gasteiger partial charge on any atom is -0.469 e. The van der Waals surface area contributed by atoms with Gasteiger partial charge in [-0.1, -0.05) is 24.3 Å². The van der Waals surface area contributed by atoms with E-state index in [0.29, 0.717) is 5.56 Å². The number of ether oxygens (including phenoxy) is 1. The van der Waals surface area contributed by atoms with Crippen molar-refractivity contribution in [3.8, 4) is 0 Å². The number of carbonyl (C=O) groups is 1. The van der Waals surface area contributed by atoms with Crippen LogP contribution in [-0.4, -0.2) is 21.5 Å². The predicted octanol–water partition coefficient (Wildman–Crippen LogP) is 1.47. The maximum Gasteiger partial charge on any atom is 0.309 e. The van der Waals surface area contributed by atoms with Crippen LogP contribution in [0.25, 0.3) is 0 Å². The molecule has 0 heterocycles. The van der Waals surface area contributed by atoms with Gasteiger partial charge in [-0.25, -0.2) is 8.42 Å². The Morgan fingerprint density at radius 1 is 1.25 bits per heavy atom. The second-order valence-electron chi connectivity index (χ2n) is 3.25. The number of carbonyl (C=O) groups excluding carboxylic acids is 1. The Kier molecular flexibility index (Phi) is 4.32. The van der Waals surface area contributed by atoms with Gasteiger partial charge in [0.1, 0.15) is 0 Å². The van der Waals surface area contributed by atoms with Crippen molar-refractivity contribution in [3.63, 3.8) is 0 Å². The fraction of sp³-hybridized carbons (Fsp3) is 0.300. The zero-order chi connectivity index (χ0) is 12.2. The van der Waals surface area contributed by atoms with Crippen molar-refractivity contribution in [2.45, 2.75) is 12.2 Å². The van der Waals surface area contributed by atoms with Crippen LogP contribution in [0.1, 0.15) is 11.1 Å². The minimum atomic E-state index is -3.54. The summed E-state index contributed by atoms with van der Waals surface area (Å²) in [5, 5.41) is 0. The molecule has 0 atom stereocenters. The van der Waals surface area contributed by atoms with Gasteiger partial charge in [-0.2, -0.15) is 0 Å². The molecule has 88 valence electrons. The van der Waals surface area contributed by atoms with Gasteiger partial charge in [-0.15, -0.1) is 0 Å². The van der Waals surface area contributed by atoms with Crippen LogP contribution in [0.2, 0.25) is 0 Å². The molecule has 0 fully saturated rings. The molecule has 1 aromatic rings. The summed E-state index contributed by atoms with van der Waals surface area (Å²) in [6.45, 7) is 0. The average molecular weight is 263 g/mol. The molecule has 0 N–H and O–H groups in total. The summed E-state index contributed by atoms with van der Waals surface area (Å²) in [6.07, 6.45) is 0.171. The van der Waals surface area contributed by atoms with E-state index in [1.54, 1.807) is 24.3 Å². The monoisotopic (exact) mass is 262 g/mol. The van der Waals surface area contributed by atoms with E-state index in [9.17, 15) is 13.2 Å². The van der Waals surface area contributed by atoms with Crippen LogP contribution in [0.5, 0.6) is 0 Å². The molecule has 6 heteroatoms. The van der Waals surface area contributed by atoms with E-state index < -0.39 is 9.05 Å². The predicted molar refractivity (Wildman–Crippen MR) is 60.6 cm³/mol. The first kappa shape index (κ1) is 13.0. The Morgan fingerprint density at radius 3 is 2.19 bits per heavy atom. The second-order valence-corrected chi connectivity index (χ2v) is 6.03. The van der Waals surface area contributed by atoms with Crippen LogP contribution < -0.4 is 0 Å². The molecule has 0 saturated heterocycles. The lowest BCUT2D eigenvalue weighted by atomic mass is 10.1. The molecule has 0 bridgehead atoms. The largest absolute Gasteiger partial charge is 0.469 e. The molecular formula is C10H11ClO4S. The van der Waals surface area contributed by atoms with Crippen molar-refractivity contribution < 1.29 is 17.9 Å². The van der Waals surface area contributed by atoms with Crippen molar-refractivity contribution in [2.24, 2.45) is 0 Å². The van der Waals surface area contributed by atoms with E-state index >= 15 is 0 Å². The summed E-state index contributed by atoms with van der Waals surface area (Å²) in [7, 11) is 2.89. The van der Waals surface area contributed by atoms with Gasteiger partial charge in [0.25, 0.3) is 0 Å². The minimum absolute atomic E-state index is 0.171. The van der Waals surface area contributed by atoms with Crippen LogP contribution in [0.4, 0.5) is 0 Å². The highest BCUT2D eigenvalue weighted by molar-refractivity contribution is 8.13. The first-order valence-corrected chi connectivity index (χ1v) is 6.95. The lowest BCUT2D eigenvalue weighted by Crippen LogP contribution is -2.04. The molecule has 0 aliphatic rings. The number of methoxy groups -OCH3 is 1. The highest BCUT2D eigenvalue weighted by Gasteiger charge is 2.07. The van der Waals surface area contributed by atoms with Crippen molar-refractivity contribution in [1.29, 1.82) is 0 Å². The average Bonchev–Trinajstić information content (AvgIpc) is 2.18. The van der Waals surface area contributed by atoms with Gasteiger partial charge in [0.05, 0.1) is 19.3 Å². The zero-order valence-electron chi connectivity index (χ0n) is 8.64. The third-order valence-electron chi connectivity index (χ3n) is 1.94. The number of hydrogen-bond donors (Lipinski definition) is 0. The highest BCUT2D eigenvalue weighted by Crippen LogP contribution is 2.11. The summed E-state index contributed by atoms with van der Waals surface area (Å²) in [6, 6.07) is 6.60. The normalized spacial score (nSPS) is 11.1. The Labute approximate surface area is 98.6 Å². The number of benzene rings is 1. The van der Waals surface area contributed by atoms with Crippen LogP contribution in [0.3, 0.4) is 0 Å². The lowest BCUT2D eigenvalue weighted by Gasteiger charge is -2.02. The summed E-state index contributed by atoms with van der Waals surface area (Å²) in [5.41, 5.74) is 1.35. The molecule has 0 aliphatic carbocycles. The molecular weight excluding hydrogens is 252 g/mol. The van der Waals surface area contributed by atoms with E-state index in [4.69, 9.17) is 10.7 Å². The molecule has 0 aromatic heterocycles. The fourth-order valence-electron chi connectivity index (χ4n) is 1.19. The molecule has 4 nitrogen and oxygen atoms in total. The molecule has 1 rings (SSSR count). The first-order valence-electron chi connectivity index (χ1n) is 4.47. The SMILES string of the molecule is COC(=O)Cc1ccc(CS(=O)(=O)Cl)cc1. The third-order valence-corrected chi connectivity index (χ3v) is 2.94. The number of hydrogen-bond acceptors (Lipinski definition) is 4. The molecule has 0 unspecified atom stereocenters. The van der Waals surface area contributed by atoms with Crippen LogP contribution in [0.15, 0.2) is 24.3 Å². The summed E-state index contributed by atoms with van der Waals surface area (Å²) < 4.78 is 26.1. The molecule has 0 aliphatic heterocycles. The second kappa shape index (κ2) is 5.32. The zero-order valence-corrected chi connectivity index (χ0v) is 10.2. The number of esters is 1. The highest BCUT2D eigenvalue weighted by atomic mass is 35.7. The molecule has 16 heavy (non-hydrogen) atoms. The summed E-state index contributed by atoms with van der Waals surface area (Å²) in [4.78, 5) is 11.0. The van der Waals surface area contributed by atoms with Gasteiger partial charge in [-0.3, -0.25) is 4.79 Å². The summed E-state index contributed by atoms with van der Waals surface area (Å²) >= 11 is 0. The Balaban J connectivity index is 2.72. The first-order chi connectivity index (χ1) is 7.40. The number of halogens is 1. The van der Waals surface area contributed by atoms with Crippen molar-refractivity contribution >= 4 is 25.7 Å². The Bertz CT molecular complexity index is 464. The van der Waals surface area contributed by atoms with Crippen LogP contribution >= 0.6 is 10.7 Å². The van der Waals surface area contributed by atoms with Crippen molar-refractivity contribution in [3.05, 3.63) is 35.4 Å². The van der Waals surface area contributed by atoms with Crippen molar-refractivity contribution in [1.82, 2.24) is 0 Å². The lowest BCUT2D eigenvalue weighted by molar-refractivity contribution is -0.139. The van der Waals surface area contributed by atoms with E-state index in [1.165, 1.54) is 7.11 Å². The van der Waals surface area contributed by atoms with E-state index in [0.717, 1.165) is 5.56 Å².